The van der Waals surface area contributed by atoms with Crippen LogP contribution in [0.2, 0.25) is 0 Å². The number of ether oxygens (including phenoxy) is 1. The summed E-state index contributed by atoms with van der Waals surface area (Å²) >= 11 is 0. The third kappa shape index (κ3) is 2.11. The zero-order chi connectivity index (χ0) is 13.4. The molecule has 0 saturated carbocycles. The van der Waals surface area contributed by atoms with Crippen molar-refractivity contribution in [3.63, 3.8) is 0 Å². The Balaban J connectivity index is 1.83. The van der Waals surface area contributed by atoms with Crippen LogP contribution in [-0.4, -0.2) is 36.3 Å². The van der Waals surface area contributed by atoms with Crippen LogP contribution in [0.5, 0.6) is 5.75 Å². The van der Waals surface area contributed by atoms with Gasteiger partial charge in [0.15, 0.2) is 0 Å². The van der Waals surface area contributed by atoms with Gasteiger partial charge in [0, 0.05) is 25.4 Å². The number of carbonyl (C=O) groups excluding carboxylic acids is 2. The molecule has 1 amide bonds. The molecule has 100 valence electrons. The van der Waals surface area contributed by atoms with Gasteiger partial charge in [-0.3, -0.25) is 9.59 Å². The van der Waals surface area contributed by atoms with Gasteiger partial charge in [-0.15, -0.1) is 0 Å². The van der Waals surface area contributed by atoms with Crippen molar-refractivity contribution < 1.29 is 14.3 Å². The van der Waals surface area contributed by atoms with Crippen LogP contribution in [0.4, 0.5) is 0 Å². The van der Waals surface area contributed by atoms with Gasteiger partial charge < -0.3 is 9.64 Å². The second-order valence-electron chi connectivity index (χ2n) is 5.23. The Hall–Kier alpha value is -1.84. The molecule has 19 heavy (non-hydrogen) atoms. The molecule has 2 fully saturated rings. The second kappa shape index (κ2) is 4.68. The van der Waals surface area contributed by atoms with Crippen molar-refractivity contribution in [2.24, 2.45) is 0 Å². The summed E-state index contributed by atoms with van der Waals surface area (Å²) in [4.78, 5) is 25.9. The minimum atomic E-state index is -0.177. The smallest absolute Gasteiger partial charge is 0.222 e. The minimum Gasteiger partial charge on any atom is -0.497 e. The molecule has 2 aliphatic heterocycles. The summed E-state index contributed by atoms with van der Waals surface area (Å²) in [7, 11) is 1.62. The molecule has 0 aromatic heterocycles. The molecule has 2 heterocycles. The number of ketones is 1. The summed E-state index contributed by atoms with van der Waals surface area (Å²) < 4.78 is 5.12. The third-order valence-electron chi connectivity index (χ3n) is 4.18. The summed E-state index contributed by atoms with van der Waals surface area (Å²) in [5.74, 6) is 1.04. The van der Waals surface area contributed by atoms with E-state index in [-0.39, 0.29) is 23.7 Å². The quantitative estimate of drug-likeness (QED) is 0.812. The second-order valence-corrected chi connectivity index (χ2v) is 5.23. The molecule has 2 atom stereocenters. The van der Waals surface area contributed by atoms with Gasteiger partial charge in [0.05, 0.1) is 13.0 Å². The van der Waals surface area contributed by atoms with E-state index in [9.17, 15) is 9.59 Å². The zero-order valence-electron chi connectivity index (χ0n) is 11.0. The van der Waals surface area contributed by atoms with E-state index in [4.69, 9.17) is 4.74 Å². The first-order chi connectivity index (χ1) is 9.19. The van der Waals surface area contributed by atoms with E-state index in [1.807, 2.05) is 29.2 Å². The predicted octanol–water partition coefficient (Wildman–Crippen LogP) is 1.74. The molecule has 1 aromatic rings. The monoisotopic (exact) mass is 259 g/mol. The molecule has 0 radical (unpaired) electrons. The van der Waals surface area contributed by atoms with E-state index >= 15 is 0 Å². The van der Waals surface area contributed by atoms with Gasteiger partial charge >= 0.3 is 0 Å². The Kier molecular flexibility index (Phi) is 3.01. The number of piperidine rings is 1. The summed E-state index contributed by atoms with van der Waals surface area (Å²) in [5, 5.41) is 0. The number of nitrogens with zero attached hydrogens (tertiary/aromatic N) is 1. The highest BCUT2D eigenvalue weighted by Crippen LogP contribution is 2.33. The predicted molar refractivity (Wildman–Crippen MR) is 70.1 cm³/mol. The van der Waals surface area contributed by atoms with Crippen molar-refractivity contribution in [1.82, 2.24) is 4.90 Å². The van der Waals surface area contributed by atoms with E-state index in [0.29, 0.717) is 19.4 Å². The fourth-order valence-electron chi connectivity index (χ4n) is 3.06. The van der Waals surface area contributed by atoms with Crippen LogP contribution in [0.3, 0.4) is 0 Å². The van der Waals surface area contributed by atoms with Crippen LogP contribution in [0.1, 0.15) is 30.7 Å². The Morgan fingerprint density at radius 2 is 1.95 bits per heavy atom. The van der Waals surface area contributed by atoms with Gasteiger partial charge in [-0.2, -0.15) is 0 Å². The number of hydrogen-bond donors (Lipinski definition) is 0. The molecule has 2 saturated heterocycles. The molecule has 3 rings (SSSR count). The molecule has 0 N–H and O–H groups in total. The topological polar surface area (TPSA) is 46.6 Å². The maximum absolute atomic E-state index is 12.2. The molecule has 0 spiro atoms. The fraction of sp³-hybridized carbons (Fsp3) is 0.467. The average Bonchev–Trinajstić information content (AvgIpc) is 2.79. The molecule has 4 heteroatoms. The zero-order valence-corrected chi connectivity index (χ0v) is 11.0. The Bertz CT molecular complexity index is 509. The lowest BCUT2D eigenvalue weighted by molar-refractivity contribution is -0.134. The lowest BCUT2D eigenvalue weighted by Gasteiger charge is -2.34. The molecule has 0 unspecified atom stereocenters. The molecule has 0 aliphatic carbocycles. The van der Waals surface area contributed by atoms with E-state index in [0.717, 1.165) is 17.7 Å². The highest BCUT2D eigenvalue weighted by molar-refractivity contribution is 5.90. The third-order valence-corrected chi connectivity index (χ3v) is 4.18. The average molecular weight is 259 g/mol. The number of hydrogen-bond acceptors (Lipinski definition) is 3. The number of carbonyl (C=O) groups is 2. The van der Waals surface area contributed by atoms with Gasteiger partial charge in [0.25, 0.3) is 0 Å². The van der Waals surface area contributed by atoms with Crippen LogP contribution in [0.15, 0.2) is 24.3 Å². The number of amides is 1. The SMILES string of the molecule is COc1ccc([C@H]2CN3C(=O)CC[C@@H]3CC2=O)cc1. The Labute approximate surface area is 112 Å². The van der Waals surface area contributed by atoms with E-state index in [1.54, 1.807) is 7.11 Å². The maximum Gasteiger partial charge on any atom is 0.222 e. The largest absolute Gasteiger partial charge is 0.497 e. The van der Waals surface area contributed by atoms with Crippen molar-refractivity contribution in [2.45, 2.75) is 31.2 Å². The van der Waals surface area contributed by atoms with Crippen LogP contribution in [0.25, 0.3) is 0 Å². The number of benzene rings is 1. The van der Waals surface area contributed by atoms with Gasteiger partial charge in [-0.05, 0) is 24.1 Å². The van der Waals surface area contributed by atoms with Crippen molar-refractivity contribution in [3.8, 4) is 5.75 Å². The van der Waals surface area contributed by atoms with E-state index in [2.05, 4.69) is 0 Å². The van der Waals surface area contributed by atoms with Crippen molar-refractivity contribution in [3.05, 3.63) is 29.8 Å². The van der Waals surface area contributed by atoms with E-state index < -0.39 is 0 Å². The lowest BCUT2D eigenvalue weighted by atomic mass is 9.86. The fourth-order valence-corrected chi connectivity index (χ4v) is 3.06. The molecule has 4 nitrogen and oxygen atoms in total. The maximum atomic E-state index is 12.2. The number of fused-ring (bicyclic) bond motifs is 1. The molecular weight excluding hydrogens is 242 g/mol. The summed E-state index contributed by atoms with van der Waals surface area (Å²) in [6.45, 7) is 0.536. The number of rotatable bonds is 2. The summed E-state index contributed by atoms with van der Waals surface area (Å²) in [6.07, 6.45) is 1.93. The van der Waals surface area contributed by atoms with E-state index in [1.165, 1.54) is 0 Å². The van der Waals surface area contributed by atoms with Gasteiger partial charge in [0.1, 0.15) is 11.5 Å². The number of Topliss-reactive ketones (excluding diaryl/α,β-unsaturated/α-hetero) is 1. The van der Waals surface area contributed by atoms with Crippen LogP contribution < -0.4 is 4.74 Å². The van der Waals surface area contributed by atoms with Gasteiger partial charge in [0.2, 0.25) is 5.91 Å². The van der Waals surface area contributed by atoms with Gasteiger partial charge in [-0.25, -0.2) is 0 Å². The van der Waals surface area contributed by atoms with Crippen LogP contribution >= 0.6 is 0 Å². The molecule has 1 aromatic carbocycles. The number of methoxy groups -OCH3 is 1. The first-order valence-electron chi connectivity index (χ1n) is 6.65. The van der Waals surface area contributed by atoms with Crippen molar-refractivity contribution >= 4 is 11.7 Å². The molecular formula is C15H17NO3. The van der Waals surface area contributed by atoms with Crippen molar-refractivity contribution in [2.75, 3.05) is 13.7 Å². The van der Waals surface area contributed by atoms with Crippen LogP contribution in [0, 0.1) is 0 Å². The molecule has 2 aliphatic rings. The first kappa shape index (κ1) is 12.2. The Morgan fingerprint density at radius 3 is 2.63 bits per heavy atom. The lowest BCUT2D eigenvalue weighted by Crippen LogP contribution is -2.44. The normalized spacial score (nSPS) is 26.5. The van der Waals surface area contributed by atoms with Crippen LogP contribution in [-0.2, 0) is 9.59 Å². The van der Waals surface area contributed by atoms with Crippen molar-refractivity contribution in [1.29, 1.82) is 0 Å². The highest BCUT2D eigenvalue weighted by Gasteiger charge is 2.40. The molecule has 0 bridgehead atoms. The summed E-state index contributed by atoms with van der Waals surface area (Å²) in [5.41, 5.74) is 0.976. The minimum absolute atomic E-state index is 0.148. The highest BCUT2D eigenvalue weighted by atomic mass is 16.5. The summed E-state index contributed by atoms with van der Waals surface area (Å²) in [6, 6.07) is 7.71. The van der Waals surface area contributed by atoms with Gasteiger partial charge in [-0.1, -0.05) is 12.1 Å². The standard InChI is InChI=1S/C15H17NO3/c1-19-12-5-2-10(3-6-12)13-9-16-11(8-14(13)17)4-7-15(16)18/h2-3,5-6,11,13H,4,7-9H2,1H3/t11-,13-/m1/s1. The Morgan fingerprint density at radius 1 is 1.21 bits per heavy atom. The first-order valence-corrected chi connectivity index (χ1v) is 6.65.